The Morgan fingerprint density at radius 1 is 2.00 bits per heavy atom. The van der Waals surface area contributed by atoms with E-state index in [1.807, 2.05) is 0 Å². The van der Waals surface area contributed by atoms with Gasteiger partial charge in [-0.1, -0.05) is 12.6 Å². The molecule has 0 radical (unpaired) electrons. The van der Waals surface area contributed by atoms with Crippen molar-refractivity contribution < 1.29 is 5.11 Å². The minimum Gasteiger partial charge on any atom is -0.397 e. The SMILES string of the molecule is CCO.N#CS. The van der Waals surface area contributed by atoms with Crippen molar-refractivity contribution in [2.24, 2.45) is 0 Å². The second-order valence-corrected chi connectivity index (χ2v) is 0.616. The van der Waals surface area contributed by atoms with Gasteiger partial charge in [0, 0.05) is 6.61 Å². The number of rotatable bonds is 0. The van der Waals surface area contributed by atoms with E-state index in [4.69, 9.17) is 10.4 Å². The van der Waals surface area contributed by atoms with Crippen LogP contribution in [-0.2, 0) is 0 Å². The molecule has 2 nitrogen and oxygen atoms in total. The molecule has 0 aliphatic heterocycles. The molecule has 3 heteroatoms. The van der Waals surface area contributed by atoms with Gasteiger partial charge in [-0.05, 0) is 6.92 Å². The van der Waals surface area contributed by atoms with Gasteiger partial charge in [0.15, 0.2) is 0 Å². The summed E-state index contributed by atoms with van der Waals surface area (Å²) >= 11 is 3.09. The molecule has 0 aliphatic rings. The summed E-state index contributed by atoms with van der Waals surface area (Å²) in [6.07, 6.45) is 0. The summed E-state index contributed by atoms with van der Waals surface area (Å²) in [6, 6.07) is 0. The summed E-state index contributed by atoms with van der Waals surface area (Å²) < 4.78 is 0. The Bertz CT molecular complexity index is 40.5. The second kappa shape index (κ2) is 21.4. The quantitative estimate of drug-likeness (QED) is 0.346. The van der Waals surface area contributed by atoms with E-state index >= 15 is 0 Å². The molecule has 6 heavy (non-hydrogen) atoms. The van der Waals surface area contributed by atoms with Crippen molar-refractivity contribution in [2.75, 3.05) is 6.61 Å². The maximum absolute atomic E-state index is 7.57. The van der Waals surface area contributed by atoms with Crippen LogP contribution >= 0.6 is 12.6 Å². The van der Waals surface area contributed by atoms with Crippen molar-refractivity contribution in [1.29, 1.82) is 5.26 Å². The number of hydrogen-bond donors (Lipinski definition) is 2. The molecule has 36 valence electrons. The molecule has 0 unspecified atom stereocenters. The molecule has 0 saturated carbocycles. The van der Waals surface area contributed by atoms with Gasteiger partial charge in [-0.2, -0.15) is 5.26 Å². The third kappa shape index (κ3) is 745. The minimum absolute atomic E-state index is 0.250. The molecule has 0 spiro atoms. The van der Waals surface area contributed by atoms with Gasteiger partial charge >= 0.3 is 0 Å². The Morgan fingerprint density at radius 3 is 2.00 bits per heavy atom. The van der Waals surface area contributed by atoms with E-state index in [0.717, 1.165) is 0 Å². The van der Waals surface area contributed by atoms with Crippen molar-refractivity contribution >= 4 is 12.6 Å². The molecule has 0 aromatic carbocycles. The maximum Gasteiger partial charge on any atom is 0.130 e. The summed E-state index contributed by atoms with van der Waals surface area (Å²) in [5.41, 5.74) is 0. The molecule has 0 saturated heterocycles. The topological polar surface area (TPSA) is 44.0 Å². The van der Waals surface area contributed by atoms with Crippen molar-refractivity contribution in [3.05, 3.63) is 0 Å². The third-order valence-corrected chi connectivity index (χ3v) is 0. The van der Waals surface area contributed by atoms with Gasteiger partial charge in [0.05, 0.1) is 0 Å². The Morgan fingerprint density at radius 2 is 2.00 bits per heavy atom. The van der Waals surface area contributed by atoms with Crippen molar-refractivity contribution in [3.63, 3.8) is 0 Å². The van der Waals surface area contributed by atoms with Gasteiger partial charge < -0.3 is 5.11 Å². The summed E-state index contributed by atoms with van der Waals surface area (Å²) in [6.45, 7) is 1.93. The van der Waals surface area contributed by atoms with E-state index in [9.17, 15) is 0 Å². The molecule has 0 aromatic rings. The summed E-state index contributed by atoms with van der Waals surface area (Å²) in [7, 11) is 0. The van der Waals surface area contributed by atoms with Gasteiger partial charge in [0.2, 0.25) is 0 Å². The predicted molar refractivity (Wildman–Crippen MR) is 27.4 cm³/mol. The van der Waals surface area contributed by atoms with Crippen LogP contribution in [0.15, 0.2) is 0 Å². The third-order valence-electron chi connectivity index (χ3n) is 0. The Balaban J connectivity index is 0. The van der Waals surface area contributed by atoms with Crippen molar-refractivity contribution in [3.8, 4) is 5.40 Å². The summed E-state index contributed by atoms with van der Waals surface area (Å²) in [5, 5.41) is 16.2. The van der Waals surface area contributed by atoms with Gasteiger partial charge in [0.1, 0.15) is 5.40 Å². The lowest BCUT2D eigenvalue weighted by Gasteiger charge is -1.52. The highest BCUT2D eigenvalue weighted by molar-refractivity contribution is 7.85. The maximum atomic E-state index is 7.57. The van der Waals surface area contributed by atoms with Crippen molar-refractivity contribution in [1.82, 2.24) is 0 Å². The Hall–Kier alpha value is -0.200. The van der Waals surface area contributed by atoms with E-state index in [2.05, 4.69) is 12.6 Å². The second-order valence-electron chi connectivity index (χ2n) is 0.416. The van der Waals surface area contributed by atoms with Gasteiger partial charge in [-0.25, -0.2) is 0 Å². The van der Waals surface area contributed by atoms with Crippen LogP contribution in [0.2, 0.25) is 0 Å². The Labute approximate surface area is 42.8 Å². The fourth-order valence-corrected chi connectivity index (χ4v) is 0. The zero-order valence-electron chi connectivity index (χ0n) is 3.55. The molecule has 1 N–H and O–H groups in total. The molecule has 0 aliphatic carbocycles. The average Bonchev–Trinajstić information content (AvgIpc) is 1.39. The monoisotopic (exact) mass is 105 g/mol. The molecule has 0 fully saturated rings. The molecule has 0 amide bonds. The standard InChI is InChI=1S/C2H6O.CHNS/c1-2-3;2-1-3/h3H,2H2,1H3;3H. The lowest BCUT2D eigenvalue weighted by molar-refractivity contribution is 0.318. The van der Waals surface area contributed by atoms with Gasteiger partial charge in [-0.15, -0.1) is 0 Å². The first-order valence-corrected chi connectivity index (χ1v) is 1.92. The minimum atomic E-state index is 0.250. The molecule has 0 atom stereocenters. The Kier molecular flexibility index (Phi) is 33.0. The van der Waals surface area contributed by atoms with Crippen LogP contribution in [0.25, 0.3) is 0 Å². The van der Waals surface area contributed by atoms with Crippen LogP contribution in [0.1, 0.15) is 6.92 Å². The van der Waals surface area contributed by atoms with Crippen LogP contribution in [-0.4, -0.2) is 11.7 Å². The molecule has 0 heterocycles. The number of nitriles is 1. The van der Waals surface area contributed by atoms with Crippen LogP contribution in [0.5, 0.6) is 0 Å². The number of thiocyanates is 1. The highest BCUT2D eigenvalue weighted by Crippen LogP contribution is 1.46. The van der Waals surface area contributed by atoms with E-state index in [1.165, 1.54) is 5.40 Å². The molecular weight excluding hydrogens is 98.1 g/mol. The van der Waals surface area contributed by atoms with Gasteiger partial charge in [0.25, 0.3) is 0 Å². The number of aliphatic hydroxyl groups excluding tert-OH is 1. The van der Waals surface area contributed by atoms with Crippen LogP contribution in [0, 0.1) is 10.7 Å². The highest BCUT2D eigenvalue weighted by Gasteiger charge is 1.34. The van der Waals surface area contributed by atoms with Crippen molar-refractivity contribution in [2.45, 2.75) is 6.92 Å². The summed E-state index contributed by atoms with van der Waals surface area (Å²) in [5.74, 6) is 0. The average molecular weight is 105 g/mol. The first kappa shape index (κ1) is 9.25. The first-order chi connectivity index (χ1) is 2.83. The zero-order valence-corrected chi connectivity index (χ0v) is 4.44. The predicted octanol–water partition coefficient (Wildman–Crippen LogP) is 0.396. The normalized spacial score (nSPS) is 4.33. The fourth-order valence-electron chi connectivity index (χ4n) is 0. The molecule has 0 bridgehead atoms. The molecular formula is C3H7NOS. The van der Waals surface area contributed by atoms with Crippen LogP contribution in [0.3, 0.4) is 0 Å². The highest BCUT2D eigenvalue weighted by atomic mass is 32.1. The fraction of sp³-hybridized carbons (Fsp3) is 0.667. The smallest absolute Gasteiger partial charge is 0.130 e. The zero-order chi connectivity index (χ0) is 5.41. The molecule has 0 rings (SSSR count). The van der Waals surface area contributed by atoms with E-state index in [0.29, 0.717) is 0 Å². The van der Waals surface area contributed by atoms with Crippen LogP contribution < -0.4 is 0 Å². The molecule has 0 aromatic heterocycles. The first-order valence-electron chi connectivity index (χ1n) is 1.47. The lowest BCUT2D eigenvalue weighted by Crippen LogP contribution is -1.57. The van der Waals surface area contributed by atoms with Crippen LogP contribution in [0.4, 0.5) is 0 Å². The number of thiol groups is 1. The van der Waals surface area contributed by atoms with Gasteiger partial charge in [-0.3, -0.25) is 0 Å². The van der Waals surface area contributed by atoms with E-state index in [-0.39, 0.29) is 6.61 Å². The lowest BCUT2D eigenvalue weighted by atomic mass is 10.9. The largest absolute Gasteiger partial charge is 0.397 e. The van der Waals surface area contributed by atoms with E-state index in [1.54, 1.807) is 6.92 Å². The summed E-state index contributed by atoms with van der Waals surface area (Å²) in [4.78, 5) is 0. The van der Waals surface area contributed by atoms with E-state index < -0.39 is 0 Å². The number of hydrogen-bond acceptors (Lipinski definition) is 3. The number of nitrogens with zero attached hydrogens (tertiary/aromatic N) is 1. The number of aliphatic hydroxyl groups is 1.